The highest BCUT2D eigenvalue weighted by Gasteiger charge is 2.17. The van der Waals surface area contributed by atoms with Crippen LogP contribution in [0.2, 0.25) is 10.0 Å². The maximum absolute atomic E-state index is 5.90. The summed E-state index contributed by atoms with van der Waals surface area (Å²) in [5, 5.41) is 1.21. The predicted octanol–water partition coefficient (Wildman–Crippen LogP) is 3.84. The normalized spacial score (nSPS) is 22.2. The molecule has 70 valence electrons. The maximum atomic E-state index is 5.90. The molecule has 1 unspecified atom stereocenters. The summed E-state index contributed by atoms with van der Waals surface area (Å²) in [6, 6.07) is 5.69. The summed E-state index contributed by atoms with van der Waals surface area (Å²) in [4.78, 5) is 0. The van der Waals surface area contributed by atoms with Crippen molar-refractivity contribution in [1.29, 1.82) is 0 Å². The summed E-state index contributed by atoms with van der Waals surface area (Å²) in [5.41, 5.74) is 1.13. The fourth-order valence-electron chi connectivity index (χ4n) is 1.55. The van der Waals surface area contributed by atoms with Crippen molar-refractivity contribution in [2.45, 2.75) is 18.9 Å². The Hall–Kier alpha value is -0.240. The van der Waals surface area contributed by atoms with Crippen molar-refractivity contribution < 1.29 is 4.74 Å². The molecule has 3 heteroatoms. The van der Waals surface area contributed by atoms with Gasteiger partial charge in [0.05, 0.1) is 16.1 Å². The van der Waals surface area contributed by atoms with Crippen molar-refractivity contribution in [3.05, 3.63) is 33.8 Å². The summed E-state index contributed by atoms with van der Waals surface area (Å²) in [7, 11) is 0. The van der Waals surface area contributed by atoms with E-state index in [1.165, 1.54) is 0 Å². The van der Waals surface area contributed by atoms with Gasteiger partial charge in [0.1, 0.15) is 0 Å². The van der Waals surface area contributed by atoms with Crippen LogP contribution in [0.1, 0.15) is 24.5 Å². The van der Waals surface area contributed by atoms with E-state index in [2.05, 4.69) is 0 Å². The van der Waals surface area contributed by atoms with Crippen LogP contribution >= 0.6 is 23.2 Å². The summed E-state index contributed by atoms with van der Waals surface area (Å²) >= 11 is 11.7. The number of halogens is 2. The van der Waals surface area contributed by atoms with E-state index in [-0.39, 0.29) is 6.10 Å². The fourth-order valence-corrected chi connectivity index (χ4v) is 1.86. The van der Waals surface area contributed by atoms with Gasteiger partial charge >= 0.3 is 0 Å². The van der Waals surface area contributed by atoms with E-state index in [4.69, 9.17) is 27.9 Å². The Labute approximate surface area is 87.6 Å². The SMILES string of the molecule is Clc1ccc(C2CCCO2)cc1Cl. The molecule has 1 fully saturated rings. The first kappa shape index (κ1) is 9.32. The molecule has 1 aliphatic heterocycles. The summed E-state index contributed by atoms with van der Waals surface area (Å²) < 4.78 is 5.53. The highest BCUT2D eigenvalue weighted by Crippen LogP contribution is 2.32. The monoisotopic (exact) mass is 216 g/mol. The molecule has 1 aromatic carbocycles. The van der Waals surface area contributed by atoms with Crippen molar-refractivity contribution in [1.82, 2.24) is 0 Å². The first-order valence-corrected chi connectivity index (χ1v) is 5.09. The van der Waals surface area contributed by atoms with E-state index in [0.29, 0.717) is 10.0 Å². The molecule has 0 radical (unpaired) electrons. The molecule has 1 aliphatic rings. The van der Waals surface area contributed by atoms with E-state index in [0.717, 1.165) is 25.0 Å². The molecule has 1 nitrogen and oxygen atoms in total. The molecule has 0 amide bonds. The van der Waals surface area contributed by atoms with E-state index >= 15 is 0 Å². The van der Waals surface area contributed by atoms with Crippen LogP contribution in [0.3, 0.4) is 0 Å². The average Bonchev–Trinajstić information content (AvgIpc) is 2.62. The Morgan fingerprint density at radius 3 is 2.69 bits per heavy atom. The van der Waals surface area contributed by atoms with Crippen LogP contribution in [0.5, 0.6) is 0 Å². The smallest absolute Gasteiger partial charge is 0.0826 e. The standard InChI is InChI=1S/C10H10Cl2O/c11-8-4-3-7(6-9(8)12)10-2-1-5-13-10/h3-4,6,10H,1-2,5H2. The molecule has 1 heterocycles. The van der Waals surface area contributed by atoms with Gasteiger partial charge in [-0.3, -0.25) is 0 Å². The molecule has 0 aromatic heterocycles. The van der Waals surface area contributed by atoms with Crippen LogP contribution < -0.4 is 0 Å². The third-order valence-electron chi connectivity index (χ3n) is 2.25. The average molecular weight is 217 g/mol. The van der Waals surface area contributed by atoms with Crippen LogP contribution in [0.4, 0.5) is 0 Å². The lowest BCUT2D eigenvalue weighted by Crippen LogP contribution is -1.94. The second-order valence-electron chi connectivity index (χ2n) is 3.18. The van der Waals surface area contributed by atoms with Gasteiger partial charge in [-0.25, -0.2) is 0 Å². The number of benzene rings is 1. The van der Waals surface area contributed by atoms with Gasteiger partial charge in [-0.05, 0) is 30.5 Å². The van der Waals surface area contributed by atoms with E-state index in [1.807, 2.05) is 18.2 Å². The van der Waals surface area contributed by atoms with E-state index < -0.39 is 0 Å². The minimum Gasteiger partial charge on any atom is -0.374 e. The largest absolute Gasteiger partial charge is 0.374 e. The van der Waals surface area contributed by atoms with Crippen molar-refractivity contribution >= 4 is 23.2 Å². The molecule has 0 saturated carbocycles. The first-order valence-electron chi connectivity index (χ1n) is 4.34. The minimum atomic E-state index is 0.217. The molecule has 0 aliphatic carbocycles. The van der Waals surface area contributed by atoms with Crippen LogP contribution in [0.15, 0.2) is 18.2 Å². The summed E-state index contributed by atoms with van der Waals surface area (Å²) in [6.45, 7) is 0.852. The van der Waals surface area contributed by atoms with Crippen LogP contribution in [-0.4, -0.2) is 6.61 Å². The zero-order valence-corrected chi connectivity index (χ0v) is 8.61. The number of rotatable bonds is 1. The zero-order chi connectivity index (χ0) is 9.26. The second-order valence-corrected chi connectivity index (χ2v) is 3.99. The third kappa shape index (κ3) is 1.98. The second kappa shape index (κ2) is 3.87. The van der Waals surface area contributed by atoms with Gasteiger partial charge in [-0.2, -0.15) is 0 Å². The van der Waals surface area contributed by atoms with E-state index in [9.17, 15) is 0 Å². The lowest BCUT2D eigenvalue weighted by Gasteiger charge is -2.09. The number of hydrogen-bond acceptors (Lipinski definition) is 1. The molecule has 13 heavy (non-hydrogen) atoms. The van der Waals surface area contributed by atoms with Gasteiger partial charge in [0.25, 0.3) is 0 Å². The topological polar surface area (TPSA) is 9.23 Å². The molecule has 0 N–H and O–H groups in total. The summed E-state index contributed by atoms with van der Waals surface area (Å²) in [6.07, 6.45) is 2.43. The Balaban J connectivity index is 2.25. The van der Waals surface area contributed by atoms with Gasteiger partial charge in [0.15, 0.2) is 0 Å². The van der Waals surface area contributed by atoms with Crippen molar-refractivity contribution in [3.8, 4) is 0 Å². The van der Waals surface area contributed by atoms with Gasteiger partial charge in [-0.15, -0.1) is 0 Å². The Kier molecular flexibility index (Phi) is 2.77. The molecule has 0 spiro atoms. The lowest BCUT2D eigenvalue weighted by atomic mass is 10.1. The Bertz CT molecular complexity index is 306. The van der Waals surface area contributed by atoms with E-state index in [1.54, 1.807) is 0 Å². The highest BCUT2D eigenvalue weighted by atomic mass is 35.5. The van der Waals surface area contributed by atoms with Crippen LogP contribution in [0.25, 0.3) is 0 Å². The molecule has 1 aromatic rings. The molecule has 2 rings (SSSR count). The van der Waals surface area contributed by atoms with Crippen LogP contribution in [0, 0.1) is 0 Å². The quantitative estimate of drug-likeness (QED) is 0.694. The van der Waals surface area contributed by atoms with Gasteiger partial charge < -0.3 is 4.74 Å². The third-order valence-corrected chi connectivity index (χ3v) is 2.98. The maximum Gasteiger partial charge on any atom is 0.0826 e. The Morgan fingerprint density at radius 1 is 1.23 bits per heavy atom. The van der Waals surface area contributed by atoms with Crippen molar-refractivity contribution in [3.63, 3.8) is 0 Å². The molecule has 1 atom stereocenters. The highest BCUT2D eigenvalue weighted by molar-refractivity contribution is 6.42. The van der Waals surface area contributed by atoms with Gasteiger partial charge in [0.2, 0.25) is 0 Å². The number of hydrogen-bond donors (Lipinski definition) is 0. The molecule has 0 bridgehead atoms. The van der Waals surface area contributed by atoms with Crippen molar-refractivity contribution in [2.75, 3.05) is 6.61 Å². The fraction of sp³-hybridized carbons (Fsp3) is 0.400. The molecular formula is C10H10Cl2O. The lowest BCUT2D eigenvalue weighted by molar-refractivity contribution is 0.112. The molecular weight excluding hydrogens is 207 g/mol. The first-order chi connectivity index (χ1) is 6.27. The molecule has 1 saturated heterocycles. The van der Waals surface area contributed by atoms with Crippen molar-refractivity contribution in [2.24, 2.45) is 0 Å². The number of ether oxygens (including phenoxy) is 1. The van der Waals surface area contributed by atoms with Gasteiger partial charge in [0, 0.05) is 6.61 Å². The van der Waals surface area contributed by atoms with Gasteiger partial charge in [-0.1, -0.05) is 29.3 Å². The van der Waals surface area contributed by atoms with Crippen LogP contribution in [-0.2, 0) is 4.74 Å². The predicted molar refractivity (Wildman–Crippen MR) is 54.4 cm³/mol. The Morgan fingerprint density at radius 2 is 2.08 bits per heavy atom. The zero-order valence-electron chi connectivity index (χ0n) is 7.09. The minimum absolute atomic E-state index is 0.217. The summed E-state index contributed by atoms with van der Waals surface area (Å²) in [5.74, 6) is 0.